The zero-order valence-electron chi connectivity index (χ0n) is 13.4. The third kappa shape index (κ3) is 4.13. The number of aromatic nitrogens is 2. The fraction of sp³-hybridized carbons (Fsp3) is 0.438. The summed E-state index contributed by atoms with van der Waals surface area (Å²) in [5.41, 5.74) is 7.71. The van der Waals surface area contributed by atoms with Crippen LogP contribution in [0.5, 0.6) is 0 Å². The minimum Gasteiger partial charge on any atom is -0.381 e. The number of benzene rings is 1. The smallest absolute Gasteiger partial charge is 0.274 e. The van der Waals surface area contributed by atoms with E-state index >= 15 is 0 Å². The van der Waals surface area contributed by atoms with Crippen LogP contribution in [0.3, 0.4) is 0 Å². The molecule has 1 saturated heterocycles. The van der Waals surface area contributed by atoms with Crippen LogP contribution in [0.4, 0.5) is 0 Å². The molecular weight excluding hydrogens is 351 g/mol. The number of para-hydroxylation sites is 2. The summed E-state index contributed by atoms with van der Waals surface area (Å²) in [6.45, 7) is 1.06. The standard InChI is InChI=1S/C16H20N4O2.2ClH/c1-22-12-6-7-20(11(8-12)9-17)16(21)15-10-18-13-4-2-3-5-14(13)19-15;;/h2-5,10-12H,6-9,17H2,1H3;2*1H. The third-order valence-electron chi connectivity index (χ3n) is 4.20. The molecule has 3 rings (SSSR count). The van der Waals surface area contributed by atoms with Crippen molar-refractivity contribution in [3.8, 4) is 0 Å². The number of piperidine rings is 1. The molecule has 1 aliphatic rings. The molecule has 2 unspecified atom stereocenters. The Morgan fingerprint density at radius 1 is 1.33 bits per heavy atom. The van der Waals surface area contributed by atoms with E-state index in [0.29, 0.717) is 18.8 Å². The number of ether oxygens (including phenoxy) is 1. The van der Waals surface area contributed by atoms with Crippen LogP contribution in [0.15, 0.2) is 30.5 Å². The zero-order valence-corrected chi connectivity index (χ0v) is 15.1. The van der Waals surface area contributed by atoms with E-state index in [1.54, 1.807) is 18.2 Å². The van der Waals surface area contributed by atoms with E-state index in [4.69, 9.17) is 10.5 Å². The molecule has 2 atom stereocenters. The minimum atomic E-state index is -0.108. The Labute approximate surface area is 153 Å². The Morgan fingerprint density at radius 2 is 2.04 bits per heavy atom. The molecule has 1 aromatic heterocycles. The van der Waals surface area contributed by atoms with Gasteiger partial charge in [0.05, 0.1) is 23.3 Å². The molecule has 1 amide bonds. The van der Waals surface area contributed by atoms with E-state index in [1.165, 1.54) is 0 Å². The van der Waals surface area contributed by atoms with E-state index in [1.807, 2.05) is 24.3 Å². The van der Waals surface area contributed by atoms with Crippen LogP contribution in [0, 0.1) is 0 Å². The van der Waals surface area contributed by atoms with Crippen molar-refractivity contribution in [1.29, 1.82) is 0 Å². The van der Waals surface area contributed by atoms with Crippen molar-refractivity contribution in [3.05, 3.63) is 36.2 Å². The molecule has 2 N–H and O–H groups in total. The van der Waals surface area contributed by atoms with Gasteiger partial charge in [-0.3, -0.25) is 9.78 Å². The van der Waals surface area contributed by atoms with E-state index in [2.05, 4.69) is 9.97 Å². The van der Waals surface area contributed by atoms with E-state index in [0.717, 1.165) is 23.9 Å². The second-order valence-electron chi connectivity index (χ2n) is 5.51. The molecule has 1 aliphatic heterocycles. The van der Waals surface area contributed by atoms with E-state index < -0.39 is 0 Å². The molecule has 2 heterocycles. The van der Waals surface area contributed by atoms with Gasteiger partial charge in [-0.15, -0.1) is 24.8 Å². The lowest BCUT2D eigenvalue weighted by atomic mass is 9.99. The van der Waals surface area contributed by atoms with Crippen LogP contribution in [-0.2, 0) is 4.74 Å². The molecule has 6 nitrogen and oxygen atoms in total. The van der Waals surface area contributed by atoms with Gasteiger partial charge in [-0.05, 0) is 25.0 Å². The lowest BCUT2D eigenvalue weighted by Crippen LogP contribution is -2.51. The lowest BCUT2D eigenvalue weighted by molar-refractivity contribution is 0.0136. The summed E-state index contributed by atoms with van der Waals surface area (Å²) in [5.74, 6) is -0.108. The molecule has 132 valence electrons. The van der Waals surface area contributed by atoms with Crippen molar-refractivity contribution < 1.29 is 9.53 Å². The first-order valence-electron chi connectivity index (χ1n) is 7.48. The Morgan fingerprint density at radius 3 is 2.71 bits per heavy atom. The van der Waals surface area contributed by atoms with Crippen LogP contribution >= 0.6 is 24.8 Å². The number of methoxy groups -OCH3 is 1. The predicted octanol–water partition coefficient (Wildman–Crippen LogP) is 2.05. The van der Waals surface area contributed by atoms with Crippen LogP contribution in [0.25, 0.3) is 11.0 Å². The maximum Gasteiger partial charge on any atom is 0.274 e. The summed E-state index contributed by atoms with van der Waals surface area (Å²) in [7, 11) is 1.70. The molecule has 0 radical (unpaired) electrons. The molecule has 1 aromatic carbocycles. The molecule has 24 heavy (non-hydrogen) atoms. The summed E-state index contributed by atoms with van der Waals surface area (Å²) in [5, 5.41) is 0. The van der Waals surface area contributed by atoms with Gasteiger partial charge in [0.2, 0.25) is 0 Å². The summed E-state index contributed by atoms with van der Waals surface area (Å²) >= 11 is 0. The first kappa shape index (κ1) is 20.6. The van der Waals surface area contributed by atoms with Gasteiger partial charge in [-0.2, -0.15) is 0 Å². The first-order valence-corrected chi connectivity index (χ1v) is 7.48. The highest BCUT2D eigenvalue weighted by molar-refractivity contribution is 5.94. The molecule has 1 fully saturated rings. The van der Waals surface area contributed by atoms with Gasteiger partial charge < -0.3 is 15.4 Å². The van der Waals surface area contributed by atoms with Crippen molar-refractivity contribution in [1.82, 2.24) is 14.9 Å². The summed E-state index contributed by atoms with van der Waals surface area (Å²) in [6, 6.07) is 7.51. The van der Waals surface area contributed by atoms with Crippen molar-refractivity contribution >= 4 is 41.8 Å². The Bertz CT molecular complexity index is 686. The maximum atomic E-state index is 12.7. The number of hydrogen-bond acceptors (Lipinski definition) is 5. The van der Waals surface area contributed by atoms with Crippen LogP contribution in [0.2, 0.25) is 0 Å². The van der Waals surface area contributed by atoms with Crippen molar-refractivity contribution in [2.45, 2.75) is 25.0 Å². The van der Waals surface area contributed by atoms with Crippen molar-refractivity contribution in [2.24, 2.45) is 5.73 Å². The van der Waals surface area contributed by atoms with Gasteiger partial charge >= 0.3 is 0 Å². The zero-order chi connectivity index (χ0) is 15.5. The number of rotatable bonds is 3. The van der Waals surface area contributed by atoms with Gasteiger partial charge in [-0.1, -0.05) is 12.1 Å². The molecule has 0 bridgehead atoms. The van der Waals surface area contributed by atoms with E-state index in [9.17, 15) is 4.79 Å². The summed E-state index contributed by atoms with van der Waals surface area (Å²) < 4.78 is 5.39. The number of amides is 1. The highest BCUT2D eigenvalue weighted by atomic mass is 35.5. The van der Waals surface area contributed by atoms with Crippen molar-refractivity contribution in [3.63, 3.8) is 0 Å². The summed E-state index contributed by atoms with van der Waals surface area (Å²) in [4.78, 5) is 23.3. The number of halogens is 2. The fourth-order valence-corrected chi connectivity index (χ4v) is 2.93. The number of fused-ring (bicyclic) bond motifs is 1. The second-order valence-corrected chi connectivity index (χ2v) is 5.51. The SMILES string of the molecule is COC1CCN(C(=O)c2cnc3ccccc3n2)C(CN)C1.Cl.Cl. The van der Waals surface area contributed by atoms with Gasteiger partial charge in [0.1, 0.15) is 5.69 Å². The number of nitrogens with zero attached hydrogens (tertiary/aromatic N) is 3. The number of nitrogens with two attached hydrogens (primary N) is 1. The third-order valence-corrected chi connectivity index (χ3v) is 4.20. The Hall–Kier alpha value is -1.47. The van der Waals surface area contributed by atoms with Crippen LogP contribution in [0.1, 0.15) is 23.3 Å². The second kappa shape index (κ2) is 9.13. The Kier molecular flexibility index (Phi) is 7.83. The topological polar surface area (TPSA) is 81.3 Å². The largest absolute Gasteiger partial charge is 0.381 e. The predicted molar refractivity (Wildman–Crippen MR) is 97.9 cm³/mol. The average molecular weight is 373 g/mol. The molecule has 0 spiro atoms. The monoisotopic (exact) mass is 372 g/mol. The van der Waals surface area contributed by atoms with Gasteiger partial charge in [-0.25, -0.2) is 4.98 Å². The highest BCUT2D eigenvalue weighted by Gasteiger charge is 2.32. The normalized spacial score (nSPS) is 20.2. The van der Waals surface area contributed by atoms with E-state index in [-0.39, 0.29) is 42.9 Å². The lowest BCUT2D eigenvalue weighted by Gasteiger charge is -2.38. The van der Waals surface area contributed by atoms with Crippen LogP contribution in [-0.4, -0.2) is 53.1 Å². The number of hydrogen-bond donors (Lipinski definition) is 1. The molecular formula is C16H22Cl2N4O2. The molecule has 2 aromatic rings. The van der Waals surface area contributed by atoms with Gasteiger partial charge in [0.25, 0.3) is 5.91 Å². The highest BCUT2D eigenvalue weighted by Crippen LogP contribution is 2.21. The fourth-order valence-electron chi connectivity index (χ4n) is 2.93. The van der Waals surface area contributed by atoms with Gasteiger partial charge in [0, 0.05) is 26.2 Å². The average Bonchev–Trinajstić information content (AvgIpc) is 2.60. The molecule has 0 aliphatic carbocycles. The molecule has 0 saturated carbocycles. The maximum absolute atomic E-state index is 12.7. The Balaban J connectivity index is 0.00000144. The minimum absolute atomic E-state index is 0. The first-order chi connectivity index (χ1) is 10.7. The number of carbonyl (C=O) groups excluding carboxylic acids is 1. The molecule has 8 heteroatoms. The quantitative estimate of drug-likeness (QED) is 0.891. The van der Waals surface area contributed by atoms with Crippen molar-refractivity contribution in [2.75, 3.05) is 20.2 Å². The number of likely N-dealkylation sites (tertiary alicyclic amines) is 1. The van der Waals surface area contributed by atoms with Gasteiger partial charge in [0.15, 0.2) is 0 Å². The number of carbonyl (C=O) groups is 1. The summed E-state index contributed by atoms with van der Waals surface area (Å²) in [6.07, 6.45) is 3.29. The van der Waals surface area contributed by atoms with Crippen LogP contribution < -0.4 is 5.73 Å².